The number of H-pyrrole nitrogens is 1. The van der Waals surface area contributed by atoms with Gasteiger partial charge in [0.15, 0.2) is 0 Å². The van der Waals surface area contributed by atoms with Crippen LogP contribution in [0.1, 0.15) is 35.7 Å². The second-order valence-electron chi connectivity index (χ2n) is 4.58. The van der Waals surface area contributed by atoms with Gasteiger partial charge >= 0.3 is 5.97 Å². The van der Waals surface area contributed by atoms with E-state index < -0.39 is 5.97 Å². The summed E-state index contributed by atoms with van der Waals surface area (Å²) in [7, 11) is 1.56. The van der Waals surface area contributed by atoms with Gasteiger partial charge in [-0.15, -0.1) is 0 Å². The molecule has 100 valence electrons. The first-order valence-corrected chi connectivity index (χ1v) is 5.99. The van der Waals surface area contributed by atoms with Crippen LogP contribution in [0.15, 0.2) is 24.4 Å². The largest absolute Gasteiger partial charge is 0.496 e. The molecular formula is C14H16N2O3. The van der Waals surface area contributed by atoms with Gasteiger partial charge < -0.3 is 9.84 Å². The number of aromatic carboxylic acids is 1. The first-order valence-electron chi connectivity index (χ1n) is 5.99. The highest BCUT2D eigenvalue weighted by atomic mass is 16.5. The quantitative estimate of drug-likeness (QED) is 0.886. The van der Waals surface area contributed by atoms with Crippen molar-refractivity contribution in [1.82, 2.24) is 10.2 Å². The van der Waals surface area contributed by atoms with E-state index in [0.717, 1.165) is 5.56 Å². The number of ether oxygens (including phenoxy) is 1. The first kappa shape index (κ1) is 13.1. The summed E-state index contributed by atoms with van der Waals surface area (Å²) >= 11 is 0. The van der Waals surface area contributed by atoms with E-state index in [1.165, 1.54) is 6.20 Å². The van der Waals surface area contributed by atoms with Gasteiger partial charge in [-0.05, 0) is 23.6 Å². The van der Waals surface area contributed by atoms with Gasteiger partial charge in [0.2, 0.25) is 0 Å². The zero-order valence-electron chi connectivity index (χ0n) is 11.1. The third kappa shape index (κ3) is 2.45. The van der Waals surface area contributed by atoms with Crippen molar-refractivity contribution in [2.45, 2.75) is 19.8 Å². The van der Waals surface area contributed by atoms with Crippen LogP contribution in [0.4, 0.5) is 0 Å². The number of aromatic nitrogens is 2. The van der Waals surface area contributed by atoms with E-state index in [9.17, 15) is 4.79 Å². The van der Waals surface area contributed by atoms with E-state index in [-0.39, 0.29) is 5.56 Å². The van der Waals surface area contributed by atoms with Gasteiger partial charge in [0.25, 0.3) is 0 Å². The summed E-state index contributed by atoms with van der Waals surface area (Å²) in [6.07, 6.45) is 1.30. The Balaban J connectivity index is 2.62. The van der Waals surface area contributed by atoms with Crippen molar-refractivity contribution < 1.29 is 14.6 Å². The summed E-state index contributed by atoms with van der Waals surface area (Å²) < 4.78 is 5.30. The zero-order valence-corrected chi connectivity index (χ0v) is 11.1. The first-order chi connectivity index (χ1) is 9.04. The van der Waals surface area contributed by atoms with Crippen LogP contribution in [-0.4, -0.2) is 28.4 Å². The maximum absolute atomic E-state index is 11.2. The van der Waals surface area contributed by atoms with E-state index >= 15 is 0 Å². The molecule has 0 fully saturated rings. The summed E-state index contributed by atoms with van der Waals surface area (Å²) in [6, 6.07) is 5.75. The van der Waals surface area contributed by atoms with Gasteiger partial charge in [-0.1, -0.05) is 19.9 Å². The lowest BCUT2D eigenvalue weighted by molar-refractivity contribution is 0.0698. The van der Waals surface area contributed by atoms with Crippen LogP contribution < -0.4 is 4.74 Å². The lowest BCUT2D eigenvalue weighted by Crippen LogP contribution is -1.99. The number of benzene rings is 1. The average molecular weight is 260 g/mol. The molecule has 0 aliphatic heterocycles. The molecule has 1 aromatic heterocycles. The molecule has 0 radical (unpaired) electrons. The Morgan fingerprint density at radius 1 is 1.42 bits per heavy atom. The lowest BCUT2D eigenvalue weighted by Gasteiger charge is -2.12. The van der Waals surface area contributed by atoms with Crippen LogP contribution in [-0.2, 0) is 0 Å². The minimum absolute atomic E-state index is 0.138. The van der Waals surface area contributed by atoms with Crippen molar-refractivity contribution in [2.75, 3.05) is 7.11 Å². The second-order valence-corrected chi connectivity index (χ2v) is 4.58. The molecular weight excluding hydrogens is 244 g/mol. The number of nitrogens with zero attached hydrogens (tertiary/aromatic N) is 1. The second kappa shape index (κ2) is 5.14. The number of hydrogen-bond acceptors (Lipinski definition) is 3. The Bertz CT molecular complexity index is 602. The Morgan fingerprint density at radius 3 is 2.74 bits per heavy atom. The molecule has 2 aromatic rings. The molecule has 0 aliphatic carbocycles. The van der Waals surface area contributed by atoms with E-state index in [0.29, 0.717) is 22.9 Å². The number of carboxylic acid groups (broad SMARTS) is 1. The van der Waals surface area contributed by atoms with E-state index in [1.54, 1.807) is 7.11 Å². The van der Waals surface area contributed by atoms with Gasteiger partial charge in [0.05, 0.1) is 19.0 Å². The van der Waals surface area contributed by atoms with Gasteiger partial charge in [-0.2, -0.15) is 5.10 Å². The van der Waals surface area contributed by atoms with E-state index in [4.69, 9.17) is 9.84 Å². The molecule has 0 spiro atoms. The number of aromatic amines is 1. The molecule has 1 aromatic carbocycles. The van der Waals surface area contributed by atoms with Crippen molar-refractivity contribution in [3.63, 3.8) is 0 Å². The number of nitrogens with one attached hydrogen (secondary N) is 1. The molecule has 5 heteroatoms. The molecule has 0 bridgehead atoms. The Morgan fingerprint density at radius 2 is 2.16 bits per heavy atom. The maximum atomic E-state index is 11.2. The number of carboxylic acids is 1. The van der Waals surface area contributed by atoms with Crippen LogP contribution in [0.3, 0.4) is 0 Å². The third-order valence-corrected chi connectivity index (χ3v) is 3.03. The van der Waals surface area contributed by atoms with E-state index in [2.05, 4.69) is 24.0 Å². The Kier molecular flexibility index (Phi) is 3.55. The van der Waals surface area contributed by atoms with Crippen molar-refractivity contribution in [1.29, 1.82) is 0 Å². The standard InChI is InChI=1S/C14H16N2O3/c1-8(2)9-4-5-12(19-3)10(6-9)13-11(14(17)18)7-15-16-13/h4-8H,1-3H3,(H,15,16)(H,17,18). The fourth-order valence-electron chi connectivity index (χ4n) is 1.93. The summed E-state index contributed by atoms with van der Waals surface area (Å²) in [6.45, 7) is 4.16. The molecule has 0 aliphatic rings. The van der Waals surface area contributed by atoms with Gasteiger partial charge in [-0.3, -0.25) is 5.10 Å². The molecule has 0 saturated heterocycles. The fourth-order valence-corrected chi connectivity index (χ4v) is 1.93. The van der Waals surface area contributed by atoms with Crippen molar-refractivity contribution in [2.24, 2.45) is 0 Å². The SMILES string of the molecule is COc1ccc(C(C)C)cc1-c1[nH]ncc1C(=O)O. The minimum atomic E-state index is -1.01. The molecule has 2 N–H and O–H groups in total. The summed E-state index contributed by atoms with van der Waals surface area (Å²) in [4.78, 5) is 11.2. The third-order valence-electron chi connectivity index (χ3n) is 3.03. The normalized spacial score (nSPS) is 10.7. The maximum Gasteiger partial charge on any atom is 0.339 e. The minimum Gasteiger partial charge on any atom is -0.496 e. The summed E-state index contributed by atoms with van der Waals surface area (Å²) in [5.74, 6) is -0.0437. The summed E-state index contributed by atoms with van der Waals surface area (Å²) in [5.41, 5.74) is 2.43. The molecule has 0 amide bonds. The molecule has 19 heavy (non-hydrogen) atoms. The molecule has 2 rings (SSSR count). The smallest absolute Gasteiger partial charge is 0.339 e. The monoisotopic (exact) mass is 260 g/mol. The van der Waals surface area contributed by atoms with Crippen LogP contribution in [0.5, 0.6) is 5.75 Å². The number of hydrogen-bond donors (Lipinski definition) is 2. The highest BCUT2D eigenvalue weighted by Gasteiger charge is 2.18. The summed E-state index contributed by atoms with van der Waals surface area (Å²) in [5, 5.41) is 15.7. The zero-order chi connectivity index (χ0) is 14.0. The van der Waals surface area contributed by atoms with Gasteiger partial charge in [0, 0.05) is 5.56 Å². The van der Waals surface area contributed by atoms with Gasteiger partial charge in [-0.25, -0.2) is 4.79 Å². The van der Waals surface area contributed by atoms with Crippen molar-refractivity contribution in [3.05, 3.63) is 35.5 Å². The van der Waals surface area contributed by atoms with Gasteiger partial charge in [0.1, 0.15) is 11.3 Å². The fraction of sp³-hybridized carbons (Fsp3) is 0.286. The predicted octanol–water partition coefficient (Wildman–Crippen LogP) is 2.91. The molecule has 1 heterocycles. The van der Waals surface area contributed by atoms with Crippen LogP contribution in [0, 0.1) is 0 Å². The number of methoxy groups -OCH3 is 1. The van der Waals surface area contributed by atoms with Crippen LogP contribution in [0.2, 0.25) is 0 Å². The van der Waals surface area contributed by atoms with Crippen LogP contribution in [0.25, 0.3) is 11.3 Å². The Hall–Kier alpha value is -2.30. The number of carbonyl (C=O) groups is 1. The highest BCUT2D eigenvalue weighted by molar-refractivity contribution is 5.95. The lowest BCUT2D eigenvalue weighted by atomic mass is 9.97. The van der Waals surface area contributed by atoms with Crippen molar-refractivity contribution >= 4 is 5.97 Å². The Labute approximate surface area is 111 Å². The highest BCUT2D eigenvalue weighted by Crippen LogP contribution is 2.33. The topological polar surface area (TPSA) is 75.2 Å². The molecule has 0 unspecified atom stereocenters. The average Bonchev–Trinajstić information content (AvgIpc) is 2.87. The molecule has 0 atom stereocenters. The predicted molar refractivity (Wildman–Crippen MR) is 71.6 cm³/mol. The van der Waals surface area contributed by atoms with Crippen LogP contribution >= 0.6 is 0 Å². The van der Waals surface area contributed by atoms with Crippen molar-refractivity contribution in [3.8, 4) is 17.0 Å². The molecule has 5 nitrogen and oxygen atoms in total. The van der Waals surface area contributed by atoms with E-state index in [1.807, 2.05) is 18.2 Å². The molecule has 0 saturated carbocycles. The number of rotatable bonds is 4.